The molecule has 152 valence electrons. The molecular weight excluding hydrogens is 393 g/mol. The van der Waals surface area contributed by atoms with Crippen molar-refractivity contribution in [3.63, 3.8) is 0 Å². The molecule has 2 heterocycles. The number of benzene rings is 2. The minimum absolute atomic E-state index is 0.0508. The highest BCUT2D eigenvalue weighted by Gasteiger charge is 2.24. The van der Waals surface area contributed by atoms with Gasteiger partial charge < -0.3 is 14.4 Å². The zero-order chi connectivity index (χ0) is 20.4. The van der Waals surface area contributed by atoms with E-state index in [0.29, 0.717) is 36.4 Å². The van der Waals surface area contributed by atoms with Crippen molar-refractivity contribution in [3.8, 4) is 11.5 Å². The Hall–Kier alpha value is -2.71. The Morgan fingerprint density at radius 2 is 1.93 bits per heavy atom. The molecule has 0 radical (unpaired) electrons. The molecule has 2 aromatic carbocycles. The van der Waals surface area contributed by atoms with Gasteiger partial charge in [0, 0.05) is 25.1 Å². The van der Waals surface area contributed by atoms with Crippen molar-refractivity contribution >= 4 is 32.6 Å². The van der Waals surface area contributed by atoms with Gasteiger partial charge in [-0.15, -0.1) is 0 Å². The molecule has 0 bridgehead atoms. The summed E-state index contributed by atoms with van der Waals surface area (Å²) >= 11 is 1.40. The third-order valence-electron chi connectivity index (χ3n) is 4.68. The van der Waals surface area contributed by atoms with Gasteiger partial charge in [-0.25, -0.2) is 9.37 Å². The zero-order valence-corrected chi connectivity index (χ0v) is 17.2. The normalized spacial score (nSPS) is 13.1. The van der Waals surface area contributed by atoms with Crippen LogP contribution >= 0.6 is 11.3 Å². The van der Waals surface area contributed by atoms with Crippen LogP contribution in [0.4, 0.5) is 9.52 Å². The molecule has 6 nitrogen and oxygen atoms in total. The van der Waals surface area contributed by atoms with E-state index in [-0.39, 0.29) is 11.5 Å². The molecule has 0 unspecified atom stereocenters. The van der Waals surface area contributed by atoms with Crippen LogP contribution in [-0.4, -0.2) is 51.3 Å². The lowest BCUT2D eigenvalue weighted by molar-refractivity contribution is -0.858. The first-order valence-corrected chi connectivity index (χ1v) is 10.4. The van der Waals surface area contributed by atoms with Crippen LogP contribution in [0.15, 0.2) is 36.4 Å². The van der Waals surface area contributed by atoms with Gasteiger partial charge in [0.1, 0.15) is 19.0 Å². The van der Waals surface area contributed by atoms with Crippen molar-refractivity contribution in [1.29, 1.82) is 0 Å². The largest absolute Gasteiger partial charge is 0.486 e. The molecule has 1 aromatic heterocycles. The zero-order valence-electron chi connectivity index (χ0n) is 16.4. The topological polar surface area (TPSA) is 56.1 Å². The smallest absolute Gasteiger partial charge is 0.263 e. The van der Waals surface area contributed by atoms with Crippen LogP contribution in [0.2, 0.25) is 0 Å². The number of hydrogen-bond donors (Lipinski definition) is 1. The predicted molar refractivity (Wildman–Crippen MR) is 111 cm³/mol. The number of thiazole rings is 1. The highest BCUT2D eigenvalue weighted by Crippen LogP contribution is 2.39. The molecule has 1 N–H and O–H groups in total. The maximum Gasteiger partial charge on any atom is 0.263 e. The highest BCUT2D eigenvalue weighted by molar-refractivity contribution is 7.22. The number of aromatic nitrogens is 1. The van der Waals surface area contributed by atoms with Crippen molar-refractivity contribution < 1.29 is 23.6 Å². The summed E-state index contributed by atoms with van der Waals surface area (Å²) in [5, 5.41) is 0.546. The Labute approximate surface area is 172 Å². The van der Waals surface area contributed by atoms with Crippen LogP contribution < -0.4 is 19.3 Å². The second-order valence-electron chi connectivity index (χ2n) is 7.21. The molecule has 1 amide bonds. The molecule has 0 saturated carbocycles. The first-order chi connectivity index (χ1) is 14.0. The summed E-state index contributed by atoms with van der Waals surface area (Å²) in [7, 11) is 4.12. The summed E-state index contributed by atoms with van der Waals surface area (Å²) in [5.74, 6) is 0.429. The van der Waals surface area contributed by atoms with Crippen molar-refractivity contribution in [2.45, 2.75) is 6.42 Å². The predicted octanol–water partition coefficient (Wildman–Crippen LogP) is 2.39. The van der Waals surface area contributed by atoms with E-state index in [2.05, 4.69) is 19.1 Å². The molecule has 1 aliphatic rings. The van der Waals surface area contributed by atoms with Crippen molar-refractivity contribution in [3.05, 3.63) is 47.8 Å². The van der Waals surface area contributed by atoms with Gasteiger partial charge in [0.2, 0.25) is 0 Å². The van der Waals surface area contributed by atoms with Gasteiger partial charge in [-0.2, -0.15) is 0 Å². The Bertz CT molecular complexity index is 994. The lowest BCUT2D eigenvalue weighted by atomic mass is 10.2. The van der Waals surface area contributed by atoms with Crippen LogP contribution in [0.3, 0.4) is 0 Å². The lowest BCUT2D eigenvalue weighted by Gasteiger charge is -2.20. The number of ether oxygens (including phenoxy) is 2. The van der Waals surface area contributed by atoms with Crippen molar-refractivity contribution in [2.24, 2.45) is 0 Å². The number of carbonyl (C=O) groups is 1. The van der Waals surface area contributed by atoms with E-state index in [9.17, 15) is 9.18 Å². The molecule has 4 rings (SSSR count). The monoisotopic (exact) mass is 416 g/mol. The van der Waals surface area contributed by atoms with Crippen molar-refractivity contribution in [1.82, 2.24) is 4.98 Å². The minimum Gasteiger partial charge on any atom is -0.486 e. The summed E-state index contributed by atoms with van der Waals surface area (Å²) in [6.45, 7) is 2.36. The second kappa shape index (κ2) is 8.34. The minimum atomic E-state index is -0.529. The third kappa shape index (κ3) is 4.18. The number of anilines is 1. The Balaban J connectivity index is 1.70. The third-order valence-corrected chi connectivity index (χ3v) is 5.72. The molecular formula is C21H23FN3O3S+. The standard InChI is InChI=1S/C21H22FN3O3S/c1-24(2)8-5-9-25(20(26)14-6-3-4-7-15(14)22)21-23-16-12-17-18(13-19(16)29-21)28-11-10-27-17/h3-4,6-7,12-13H,5,8-11H2,1-2H3/p+1. The number of quaternary nitrogens is 1. The van der Waals surface area contributed by atoms with E-state index >= 15 is 0 Å². The highest BCUT2D eigenvalue weighted by atomic mass is 32.1. The quantitative estimate of drug-likeness (QED) is 0.671. The van der Waals surface area contributed by atoms with E-state index in [4.69, 9.17) is 9.47 Å². The van der Waals surface area contributed by atoms with E-state index < -0.39 is 5.82 Å². The van der Waals surface area contributed by atoms with Gasteiger partial charge in [-0.1, -0.05) is 23.5 Å². The molecule has 0 saturated heterocycles. The van der Waals surface area contributed by atoms with Crippen LogP contribution in [0.1, 0.15) is 16.8 Å². The van der Waals surface area contributed by atoms with Crippen LogP contribution in [0.5, 0.6) is 11.5 Å². The number of hydrogen-bond acceptors (Lipinski definition) is 5. The fourth-order valence-corrected chi connectivity index (χ4v) is 4.22. The average Bonchev–Trinajstić information content (AvgIpc) is 3.11. The molecule has 0 fully saturated rings. The summed E-state index contributed by atoms with van der Waals surface area (Å²) in [6.07, 6.45) is 0.779. The molecule has 0 atom stereocenters. The summed E-state index contributed by atoms with van der Waals surface area (Å²) in [5.41, 5.74) is 0.786. The van der Waals surface area contributed by atoms with E-state index in [1.165, 1.54) is 28.4 Å². The van der Waals surface area contributed by atoms with Crippen LogP contribution in [0.25, 0.3) is 10.2 Å². The second-order valence-corrected chi connectivity index (χ2v) is 8.22. The molecule has 0 aliphatic carbocycles. The van der Waals surface area contributed by atoms with Gasteiger partial charge >= 0.3 is 0 Å². The summed E-state index contributed by atoms with van der Waals surface area (Å²) in [6, 6.07) is 9.78. The molecule has 8 heteroatoms. The average molecular weight is 416 g/mol. The van der Waals surface area contributed by atoms with Gasteiger partial charge in [-0.3, -0.25) is 9.69 Å². The summed E-state index contributed by atoms with van der Waals surface area (Å²) in [4.78, 5) is 20.7. The van der Waals surface area contributed by atoms with E-state index in [1.54, 1.807) is 17.0 Å². The van der Waals surface area contributed by atoms with Crippen LogP contribution in [0, 0.1) is 5.82 Å². The number of nitrogens with zero attached hydrogens (tertiary/aromatic N) is 2. The van der Waals surface area contributed by atoms with Crippen LogP contribution in [-0.2, 0) is 0 Å². The molecule has 0 spiro atoms. The first kappa shape index (κ1) is 19.6. The number of carbonyl (C=O) groups excluding carboxylic acids is 1. The Morgan fingerprint density at radius 3 is 2.66 bits per heavy atom. The Kier molecular flexibility index (Phi) is 5.64. The van der Waals surface area contributed by atoms with E-state index in [0.717, 1.165) is 23.2 Å². The van der Waals surface area contributed by atoms with E-state index in [1.807, 2.05) is 12.1 Å². The fourth-order valence-electron chi connectivity index (χ4n) is 3.22. The van der Waals surface area contributed by atoms with Crippen molar-refractivity contribution in [2.75, 3.05) is 45.3 Å². The maximum atomic E-state index is 14.3. The lowest BCUT2D eigenvalue weighted by Crippen LogP contribution is -3.05. The first-order valence-electron chi connectivity index (χ1n) is 9.58. The maximum absolute atomic E-state index is 14.3. The number of rotatable bonds is 6. The number of fused-ring (bicyclic) bond motifs is 2. The number of halogens is 1. The molecule has 1 aliphatic heterocycles. The SMILES string of the molecule is C[NH+](C)CCCN(C(=O)c1ccccc1F)c1nc2cc3c(cc2s1)OCCO3. The van der Waals surface area contributed by atoms with Gasteiger partial charge in [0.15, 0.2) is 16.6 Å². The van der Waals surface area contributed by atoms with Gasteiger partial charge in [0.25, 0.3) is 5.91 Å². The number of amides is 1. The van der Waals surface area contributed by atoms with Gasteiger partial charge in [0.05, 0.1) is 36.4 Å². The molecule has 29 heavy (non-hydrogen) atoms. The number of nitrogens with one attached hydrogen (secondary N) is 1. The molecule has 3 aromatic rings. The Morgan fingerprint density at radius 1 is 1.21 bits per heavy atom. The summed E-state index contributed by atoms with van der Waals surface area (Å²) < 4.78 is 26.4. The fraction of sp³-hybridized carbons (Fsp3) is 0.333. The van der Waals surface area contributed by atoms with Gasteiger partial charge in [-0.05, 0) is 12.1 Å².